The molecule has 3 rings (SSSR count). The van der Waals surface area contributed by atoms with Crippen molar-refractivity contribution in [3.8, 4) is 5.75 Å². The second-order valence-corrected chi connectivity index (χ2v) is 6.23. The second kappa shape index (κ2) is 6.89. The Bertz CT molecular complexity index is 826. The van der Waals surface area contributed by atoms with E-state index in [2.05, 4.69) is 0 Å². The van der Waals surface area contributed by atoms with Gasteiger partial charge in [0.2, 0.25) is 5.91 Å². The molecule has 5 heteroatoms. The normalized spacial score (nSPS) is 16.8. The molecule has 0 radical (unpaired) electrons. The number of aryl methyl sites for hydroxylation is 1. The molecule has 128 valence electrons. The molecule has 0 N–H and O–H groups in total. The number of amides is 1. The summed E-state index contributed by atoms with van der Waals surface area (Å²) in [6, 6.07) is 12.1. The van der Waals surface area contributed by atoms with E-state index in [0.717, 1.165) is 23.1 Å². The zero-order valence-corrected chi connectivity index (χ0v) is 14.2. The van der Waals surface area contributed by atoms with Gasteiger partial charge in [-0.1, -0.05) is 12.1 Å². The topological polar surface area (TPSA) is 63.7 Å². The van der Waals surface area contributed by atoms with E-state index in [-0.39, 0.29) is 12.3 Å². The van der Waals surface area contributed by atoms with Gasteiger partial charge in [-0.3, -0.25) is 14.4 Å². The maximum Gasteiger partial charge on any atom is 0.316 e. The standard InChI is InChI=1S/C20H19NO4/c1-13-4-3-5-18(14(13)2)21-11-16(10-19(21)23)20(24)25-17-8-6-15(12-22)7-9-17/h3-9,12,16H,10-11H2,1-2H3/t16-/m1/s1. The minimum atomic E-state index is -0.502. The first-order valence-electron chi connectivity index (χ1n) is 8.13. The first-order valence-corrected chi connectivity index (χ1v) is 8.13. The predicted octanol–water partition coefficient (Wildman–Crippen LogP) is 3.07. The number of carbonyl (C=O) groups is 3. The third-order valence-corrected chi connectivity index (χ3v) is 4.56. The van der Waals surface area contributed by atoms with Crippen LogP contribution in [0.25, 0.3) is 0 Å². The van der Waals surface area contributed by atoms with Crippen LogP contribution in [0, 0.1) is 19.8 Å². The van der Waals surface area contributed by atoms with Crippen LogP contribution in [-0.2, 0) is 9.59 Å². The lowest BCUT2D eigenvalue weighted by molar-refractivity contribution is -0.139. The average Bonchev–Trinajstić information content (AvgIpc) is 3.00. The number of anilines is 1. The van der Waals surface area contributed by atoms with Crippen molar-refractivity contribution in [2.24, 2.45) is 5.92 Å². The van der Waals surface area contributed by atoms with Gasteiger partial charge in [0, 0.05) is 24.2 Å². The van der Waals surface area contributed by atoms with E-state index >= 15 is 0 Å². The highest BCUT2D eigenvalue weighted by atomic mass is 16.5. The third kappa shape index (κ3) is 3.45. The van der Waals surface area contributed by atoms with Crippen LogP contribution in [0.4, 0.5) is 5.69 Å². The number of rotatable bonds is 4. The number of hydrogen-bond acceptors (Lipinski definition) is 4. The molecule has 1 saturated heterocycles. The smallest absolute Gasteiger partial charge is 0.316 e. The Balaban J connectivity index is 1.72. The number of esters is 1. The molecule has 0 spiro atoms. The van der Waals surface area contributed by atoms with Gasteiger partial charge in [-0.2, -0.15) is 0 Å². The molecular weight excluding hydrogens is 318 g/mol. The molecule has 0 aromatic heterocycles. The van der Waals surface area contributed by atoms with Gasteiger partial charge in [0.1, 0.15) is 12.0 Å². The summed E-state index contributed by atoms with van der Waals surface area (Å²) in [6.45, 7) is 4.28. The van der Waals surface area contributed by atoms with Crippen LogP contribution in [0.15, 0.2) is 42.5 Å². The van der Waals surface area contributed by atoms with Crippen LogP contribution >= 0.6 is 0 Å². The quantitative estimate of drug-likeness (QED) is 0.489. The Labute approximate surface area is 146 Å². The molecule has 1 atom stereocenters. The van der Waals surface area contributed by atoms with Crippen LogP contribution in [0.1, 0.15) is 27.9 Å². The molecule has 25 heavy (non-hydrogen) atoms. The van der Waals surface area contributed by atoms with Crippen molar-refractivity contribution in [3.05, 3.63) is 59.2 Å². The Morgan fingerprint density at radius 1 is 1.16 bits per heavy atom. The Hall–Kier alpha value is -2.95. The summed E-state index contributed by atoms with van der Waals surface area (Å²) in [5, 5.41) is 0. The van der Waals surface area contributed by atoms with E-state index in [4.69, 9.17) is 4.74 Å². The average molecular weight is 337 g/mol. The summed E-state index contributed by atoms with van der Waals surface area (Å²) in [6.07, 6.45) is 0.863. The van der Waals surface area contributed by atoms with Crippen LogP contribution in [-0.4, -0.2) is 24.7 Å². The van der Waals surface area contributed by atoms with Crippen molar-refractivity contribution < 1.29 is 19.1 Å². The van der Waals surface area contributed by atoms with Crippen molar-refractivity contribution in [1.82, 2.24) is 0 Å². The Kier molecular flexibility index (Phi) is 4.65. The van der Waals surface area contributed by atoms with Gasteiger partial charge in [0.05, 0.1) is 5.92 Å². The molecule has 1 aliphatic rings. The highest BCUT2D eigenvalue weighted by Crippen LogP contribution is 2.30. The minimum Gasteiger partial charge on any atom is -0.426 e. The molecule has 1 fully saturated rings. The van der Waals surface area contributed by atoms with Gasteiger partial charge >= 0.3 is 5.97 Å². The molecule has 0 aliphatic carbocycles. The number of hydrogen-bond donors (Lipinski definition) is 0. The van der Waals surface area contributed by atoms with Gasteiger partial charge in [0.25, 0.3) is 0 Å². The lowest BCUT2D eigenvalue weighted by Crippen LogP contribution is -2.28. The van der Waals surface area contributed by atoms with E-state index < -0.39 is 11.9 Å². The van der Waals surface area contributed by atoms with Gasteiger partial charge in [-0.05, 0) is 55.3 Å². The zero-order chi connectivity index (χ0) is 18.0. The molecule has 1 amide bonds. The minimum absolute atomic E-state index is 0.0769. The highest BCUT2D eigenvalue weighted by molar-refractivity contribution is 6.00. The molecule has 1 aliphatic heterocycles. The van der Waals surface area contributed by atoms with Crippen LogP contribution in [0.2, 0.25) is 0 Å². The van der Waals surface area contributed by atoms with Crippen molar-refractivity contribution in [3.63, 3.8) is 0 Å². The number of aldehydes is 1. The van der Waals surface area contributed by atoms with Gasteiger partial charge in [0.15, 0.2) is 0 Å². The summed E-state index contributed by atoms with van der Waals surface area (Å²) in [5.41, 5.74) is 3.49. The Morgan fingerprint density at radius 3 is 2.56 bits per heavy atom. The molecular formula is C20H19NO4. The molecule has 0 saturated carbocycles. The fourth-order valence-corrected chi connectivity index (χ4v) is 2.94. The fourth-order valence-electron chi connectivity index (χ4n) is 2.94. The summed E-state index contributed by atoms with van der Waals surface area (Å²) >= 11 is 0. The Morgan fingerprint density at radius 2 is 1.88 bits per heavy atom. The van der Waals surface area contributed by atoms with E-state index in [9.17, 15) is 14.4 Å². The van der Waals surface area contributed by atoms with Crippen molar-refractivity contribution in [2.75, 3.05) is 11.4 Å². The van der Waals surface area contributed by atoms with Gasteiger partial charge < -0.3 is 9.64 Å². The molecule has 0 bridgehead atoms. The predicted molar refractivity (Wildman–Crippen MR) is 93.8 cm³/mol. The number of ether oxygens (including phenoxy) is 1. The van der Waals surface area contributed by atoms with E-state index in [0.29, 0.717) is 17.9 Å². The lowest BCUT2D eigenvalue weighted by Gasteiger charge is -2.20. The summed E-state index contributed by atoms with van der Waals surface area (Å²) in [4.78, 5) is 37.1. The maximum atomic E-state index is 12.4. The largest absolute Gasteiger partial charge is 0.426 e. The zero-order valence-electron chi connectivity index (χ0n) is 14.2. The van der Waals surface area contributed by atoms with Crippen LogP contribution in [0.3, 0.4) is 0 Å². The monoisotopic (exact) mass is 337 g/mol. The van der Waals surface area contributed by atoms with Crippen LogP contribution in [0.5, 0.6) is 5.75 Å². The molecule has 2 aromatic rings. The third-order valence-electron chi connectivity index (χ3n) is 4.56. The first kappa shape index (κ1) is 16.9. The van der Waals surface area contributed by atoms with Crippen molar-refractivity contribution in [1.29, 1.82) is 0 Å². The van der Waals surface area contributed by atoms with E-state index in [1.165, 1.54) is 0 Å². The van der Waals surface area contributed by atoms with Crippen molar-refractivity contribution in [2.45, 2.75) is 20.3 Å². The number of benzene rings is 2. The number of carbonyl (C=O) groups excluding carboxylic acids is 3. The molecule has 1 heterocycles. The fraction of sp³-hybridized carbons (Fsp3) is 0.250. The number of nitrogens with zero attached hydrogens (tertiary/aromatic N) is 1. The lowest BCUT2D eigenvalue weighted by atomic mass is 10.1. The highest BCUT2D eigenvalue weighted by Gasteiger charge is 2.37. The maximum absolute atomic E-state index is 12.4. The summed E-state index contributed by atoms with van der Waals surface area (Å²) in [5.74, 6) is -0.640. The van der Waals surface area contributed by atoms with E-state index in [1.54, 1.807) is 29.2 Å². The molecule has 0 unspecified atom stereocenters. The molecule has 2 aromatic carbocycles. The SMILES string of the molecule is Cc1cccc(N2C[C@H](C(=O)Oc3ccc(C=O)cc3)CC2=O)c1C. The van der Waals surface area contributed by atoms with Gasteiger partial charge in [-0.15, -0.1) is 0 Å². The first-order chi connectivity index (χ1) is 12.0. The van der Waals surface area contributed by atoms with E-state index in [1.807, 2.05) is 32.0 Å². The summed E-state index contributed by atoms with van der Waals surface area (Å²) < 4.78 is 5.35. The van der Waals surface area contributed by atoms with Gasteiger partial charge in [-0.25, -0.2) is 0 Å². The summed E-state index contributed by atoms with van der Waals surface area (Å²) in [7, 11) is 0. The van der Waals surface area contributed by atoms with Crippen molar-refractivity contribution >= 4 is 23.9 Å². The molecule has 5 nitrogen and oxygen atoms in total. The second-order valence-electron chi connectivity index (χ2n) is 6.23. The van der Waals surface area contributed by atoms with Crippen LogP contribution < -0.4 is 9.64 Å².